The third kappa shape index (κ3) is 3.72. The molecule has 0 saturated carbocycles. The van der Waals surface area contributed by atoms with Crippen LogP contribution < -0.4 is 4.72 Å². The molecule has 2 rings (SSSR count). The molecule has 0 aliphatic rings. The van der Waals surface area contributed by atoms with Crippen LogP contribution in [0.2, 0.25) is 0 Å². The maximum Gasteiger partial charge on any atom is 0.416 e. The Kier molecular flexibility index (Phi) is 5.14. The Morgan fingerprint density at radius 3 is 2.36 bits per heavy atom. The first-order chi connectivity index (χ1) is 9.61. The zero-order valence-electron chi connectivity index (χ0n) is 11.5. The topological polar surface area (TPSA) is 74.8 Å². The summed E-state index contributed by atoms with van der Waals surface area (Å²) in [5.74, 6) is 0. The van der Waals surface area contributed by atoms with E-state index < -0.39 is 21.8 Å². The molecule has 1 aromatic carbocycles. The van der Waals surface area contributed by atoms with Crippen LogP contribution in [0, 0.1) is 13.8 Å². The minimum atomic E-state index is -4.54. The SMILES string of the molecule is Cc1n[nH]c(C)c1S(=O)(=O)Nc1cccc(C(F)(F)F)c1.Cl. The van der Waals surface area contributed by atoms with E-state index in [1.54, 1.807) is 0 Å². The van der Waals surface area contributed by atoms with Crippen LogP contribution in [0.15, 0.2) is 29.2 Å². The fraction of sp³-hybridized carbons (Fsp3) is 0.250. The first-order valence-corrected chi connectivity index (χ1v) is 7.31. The Morgan fingerprint density at radius 1 is 1.23 bits per heavy atom. The number of aromatic amines is 1. The maximum atomic E-state index is 12.6. The zero-order chi connectivity index (χ0) is 15.8. The van der Waals surface area contributed by atoms with Crippen molar-refractivity contribution in [1.82, 2.24) is 10.2 Å². The van der Waals surface area contributed by atoms with Gasteiger partial charge in [0, 0.05) is 5.69 Å². The van der Waals surface area contributed by atoms with E-state index in [0.29, 0.717) is 5.69 Å². The van der Waals surface area contributed by atoms with Crippen LogP contribution >= 0.6 is 12.4 Å². The number of aromatic nitrogens is 2. The lowest BCUT2D eigenvalue weighted by atomic mass is 10.2. The summed E-state index contributed by atoms with van der Waals surface area (Å²) in [4.78, 5) is -0.0695. The van der Waals surface area contributed by atoms with Crippen LogP contribution in [-0.2, 0) is 16.2 Å². The molecule has 5 nitrogen and oxygen atoms in total. The molecule has 0 saturated heterocycles. The van der Waals surface area contributed by atoms with Crippen molar-refractivity contribution in [2.24, 2.45) is 0 Å². The summed E-state index contributed by atoms with van der Waals surface area (Å²) in [6.45, 7) is 3.00. The van der Waals surface area contributed by atoms with Gasteiger partial charge in [0.15, 0.2) is 0 Å². The summed E-state index contributed by atoms with van der Waals surface area (Å²) in [7, 11) is -4.00. The van der Waals surface area contributed by atoms with Crippen LogP contribution in [0.25, 0.3) is 0 Å². The third-order valence-corrected chi connectivity index (χ3v) is 4.41. The second-order valence-electron chi connectivity index (χ2n) is 4.45. The molecule has 0 fully saturated rings. The molecule has 1 aromatic heterocycles. The second kappa shape index (κ2) is 6.17. The molecule has 0 unspecified atom stereocenters. The highest BCUT2D eigenvalue weighted by Gasteiger charge is 2.31. The van der Waals surface area contributed by atoms with E-state index in [9.17, 15) is 21.6 Å². The first-order valence-electron chi connectivity index (χ1n) is 5.83. The van der Waals surface area contributed by atoms with Gasteiger partial charge >= 0.3 is 6.18 Å². The minimum absolute atomic E-state index is 0. The van der Waals surface area contributed by atoms with Crippen molar-refractivity contribution in [2.45, 2.75) is 24.9 Å². The highest BCUT2D eigenvalue weighted by atomic mass is 35.5. The molecule has 2 N–H and O–H groups in total. The standard InChI is InChI=1S/C12H12F3N3O2S.ClH/c1-7-11(8(2)17-16-7)21(19,20)18-10-5-3-4-9(6-10)12(13,14)15;/h3-6,18H,1-2H3,(H,16,17);1H. The molecule has 0 atom stereocenters. The van der Waals surface area contributed by atoms with E-state index in [2.05, 4.69) is 14.9 Å². The lowest BCUT2D eigenvalue weighted by Crippen LogP contribution is -2.15. The van der Waals surface area contributed by atoms with Gasteiger partial charge in [-0.15, -0.1) is 12.4 Å². The Labute approximate surface area is 131 Å². The lowest BCUT2D eigenvalue weighted by molar-refractivity contribution is -0.137. The molecular formula is C12H13ClF3N3O2S. The summed E-state index contributed by atoms with van der Waals surface area (Å²) >= 11 is 0. The van der Waals surface area contributed by atoms with Crippen LogP contribution in [0.1, 0.15) is 17.0 Å². The zero-order valence-corrected chi connectivity index (χ0v) is 13.2. The second-order valence-corrected chi connectivity index (χ2v) is 6.07. The van der Waals surface area contributed by atoms with Crippen molar-refractivity contribution in [2.75, 3.05) is 4.72 Å². The van der Waals surface area contributed by atoms with Gasteiger partial charge in [-0.2, -0.15) is 18.3 Å². The number of nitrogens with zero attached hydrogens (tertiary/aromatic N) is 1. The van der Waals surface area contributed by atoms with Gasteiger partial charge in [-0.1, -0.05) is 6.07 Å². The Bertz CT molecular complexity index is 753. The van der Waals surface area contributed by atoms with Gasteiger partial charge in [0.2, 0.25) is 0 Å². The van der Waals surface area contributed by atoms with Crippen molar-refractivity contribution < 1.29 is 21.6 Å². The molecule has 0 aliphatic heterocycles. The average molecular weight is 356 g/mol. The molecule has 1 heterocycles. The summed E-state index contributed by atoms with van der Waals surface area (Å²) in [6, 6.07) is 3.99. The van der Waals surface area contributed by atoms with Crippen LogP contribution in [0.4, 0.5) is 18.9 Å². The highest BCUT2D eigenvalue weighted by molar-refractivity contribution is 7.92. The smallest absolute Gasteiger partial charge is 0.281 e. The maximum absolute atomic E-state index is 12.6. The number of nitrogens with one attached hydrogen (secondary N) is 2. The fourth-order valence-electron chi connectivity index (χ4n) is 1.90. The Balaban J connectivity index is 0.00000242. The van der Waals surface area contributed by atoms with Gasteiger partial charge < -0.3 is 0 Å². The van der Waals surface area contributed by atoms with Gasteiger partial charge in [0.05, 0.1) is 17.0 Å². The molecule has 10 heteroatoms. The van der Waals surface area contributed by atoms with E-state index in [1.807, 2.05) is 0 Å². The van der Waals surface area contributed by atoms with Gasteiger partial charge in [0.1, 0.15) is 4.90 Å². The number of anilines is 1. The monoisotopic (exact) mass is 355 g/mol. The number of alkyl halides is 3. The lowest BCUT2D eigenvalue weighted by Gasteiger charge is -2.11. The Hall–Kier alpha value is -1.74. The predicted molar refractivity (Wildman–Crippen MR) is 77.6 cm³/mol. The molecule has 0 radical (unpaired) electrons. The van der Waals surface area contributed by atoms with Crippen molar-refractivity contribution in [1.29, 1.82) is 0 Å². The summed E-state index contributed by atoms with van der Waals surface area (Å²) in [5, 5.41) is 6.27. The summed E-state index contributed by atoms with van der Waals surface area (Å²) < 4.78 is 64.4. The number of sulfonamides is 1. The van der Waals surface area contributed by atoms with Crippen molar-refractivity contribution in [3.63, 3.8) is 0 Å². The number of rotatable bonds is 3. The van der Waals surface area contributed by atoms with Crippen molar-refractivity contribution in [3.8, 4) is 0 Å². The Morgan fingerprint density at radius 2 is 1.86 bits per heavy atom. The molecule has 0 bridgehead atoms. The van der Waals surface area contributed by atoms with E-state index in [4.69, 9.17) is 0 Å². The molecular weight excluding hydrogens is 343 g/mol. The molecule has 0 spiro atoms. The molecule has 0 aliphatic carbocycles. The number of halogens is 4. The molecule has 122 valence electrons. The van der Waals surface area contributed by atoms with E-state index in [1.165, 1.54) is 19.9 Å². The largest absolute Gasteiger partial charge is 0.416 e. The molecule has 0 amide bonds. The van der Waals surface area contributed by atoms with E-state index in [0.717, 1.165) is 18.2 Å². The highest BCUT2D eigenvalue weighted by Crippen LogP contribution is 2.31. The number of hydrogen-bond donors (Lipinski definition) is 2. The normalized spacial score (nSPS) is 11.9. The number of aryl methyl sites for hydroxylation is 2. The van der Waals surface area contributed by atoms with Crippen LogP contribution in [0.5, 0.6) is 0 Å². The number of H-pyrrole nitrogens is 1. The average Bonchev–Trinajstić information content (AvgIpc) is 2.68. The van der Waals surface area contributed by atoms with Gasteiger partial charge in [-0.3, -0.25) is 9.82 Å². The van der Waals surface area contributed by atoms with Gasteiger partial charge in [0.25, 0.3) is 10.0 Å². The number of hydrogen-bond acceptors (Lipinski definition) is 3. The van der Waals surface area contributed by atoms with Crippen LogP contribution in [0.3, 0.4) is 0 Å². The van der Waals surface area contributed by atoms with Crippen molar-refractivity contribution in [3.05, 3.63) is 41.2 Å². The van der Waals surface area contributed by atoms with Gasteiger partial charge in [-0.25, -0.2) is 8.42 Å². The molecule has 2 aromatic rings. The quantitative estimate of drug-likeness (QED) is 0.887. The van der Waals surface area contributed by atoms with Crippen LogP contribution in [-0.4, -0.2) is 18.6 Å². The summed E-state index contributed by atoms with van der Waals surface area (Å²) in [6.07, 6.45) is -4.54. The first kappa shape index (κ1) is 18.3. The van der Waals surface area contributed by atoms with E-state index >= 15 is 0 Å². The fourth-order valence-corrected chi connectivity index (χ4v) is 3.32. The molecule has 22 heavy (non-hydrogen) atoms. The van der Waals surface area contributed by atoms with Gasteiger partial charge in [-0.05, 0) is 32.0 Å². The summed E-state index contributed by atoms with van der Waals surface area (Å²) in [5.41, 5.74) is -0.535. The predicted octanol–water partition coefficient (Wildman–Crippen LogP) is 3.27. The minimum Gasteiger partial charge on any atom is -0.281 e. The third-order valence-electron chi connectivity index (χ3n) is 2.77. The van der Waals surface area contributed by atoms with Crippen molar-refractivity contribution >= 4 is 28.1 Å². The van der Waals surface area contributed by atoms with E-state index in [-0.39, 0.29) is 28.7 Å². The number of benzene rings is 1.